The number of rotatable bonds is 8. The first-order valence-electron chi connectivity index (χ1n) is 9.29. The van der Waals surface area contributed by atoms with E-state index in [1.807, 2.05) is 11.5 Å². The van der Waals surface area contributed by atoms with E-state index in [0.717, 1.165) is 48.1 Å². The van der Waals surface area contributed by atoms with Crippen LogP contribution in [-0.2, 0) is 18.8 Å². The molecule has 0 spiro atoms. The Bertz CT molecular complexity index is 1000. The van der Waals surface area contributed by atoms with Crippen molar-refractivity contribution in [1.29, 1.82) is 0 Å². The highest BCUT2D eigenvalue weighted by atomic mass is 35.5. The Morgan fingerprint density at radius 1 is 1.14 bits per heavy atom. The van der Waals surface area contributed by atoms with Crippen molar-refractivity contribution in [2.75, 3.05) is 17.6 Å². The van der Waals surface area contributed by atoms with Crippen LogP contribution in [0.4, 0.5) is 5.95 Å². The minimum atomic E-state index is 0.0378. The summed E-state index contributed by atoms with van der Waals surface area (Å²) in [5, 5.41) is 22.6. The van der Waals surface area contributed by atoms with Gasteiger partial charge in [-0.15, -0.1) is 20.4 Å². The average molecular weight is 450 g/mol. The van der Waals surface area contributed by atoms with Crippen molar-refractivity contribution in [1.82, 2.24) is 29.5 Å². The molecule has 1 aromatic carbocycles. The van der Waals surface area contributed by atoms with Crippen molar-refractivity contribution in [3.63, 3.8) is 0 Å². The average Bonchev–Trinajstić information content (AvgIpc) is 3.34. The summed E-state index contributed by atoms with van der Waals surface area (Å²) in [5.74, 6) is 2.67. The molecule has 0 saturated heterocycles. The summed E-state index contributed by atoms with van der Waals surface area (Å²) in [5.41, 5.74) is 0.644. The van der Waals surface area contributed by atoms with Gasteiger partial charge in [0, 0.05) is 30.2 Å². The fraction of sp³-hybridized carbons (Fsp3) is 0.389. The van der Waals surface area contributed by atoms with Crippen LogP contribution in [0, 0.1) is 0 Å². The zero-order valence-corrected chi connectivity index (χ0v) is 18.2. The molecule has 29 heavy (non-hydrogen) atoms. The third-order valence-corrected chi connectivity index (χ3v) is 6.68. The van der Waals surface area contributed by atoms with Crippen molar-refractivity contribution in [3.8, 4) is 0 Å². The van der Waals surface area contributed by atoms with Gasteiger partial charge in [-0.1, -0.05) is 35.1 Å². The number of nitrogens with zero attached hydrogens (tertiary/aromatic N) is 6. The molecule has 0 atom stereocenters. The minimum absolute atomic E-state index is 0.0378. The van der Waals surface area contributed by atoms with Gasteiger partial charge in [-0.2, -0.15) is 0 Å². The predicted octanol–water partition coefficient (Wildman–Crippen LogP) is 3.63. The Hall–Kier alpha value is -2.04. The molecule has 8 nitrogen and oxygen atoms in total. The molecule has 0 amide bonds. The first-order valence-corrected chi connectivity index (χ1v) is 11.6. The normalized spacial score (nSPS) is 13.2. The molecule has 4 rings (SSSR count). The molecular formula is C18H20ClN7OS2. The monoisotopic (exact) mass is 449 g/mol. The molecule has 3 heterocycles. The summed E-state index contributed by atoms with van der Waals surface area (Å²) in [6.45, 7) is 4.64. The van der Waals surface area contributed by atoms with Crippen molar-refractivity contribution in [2.45, 2.75) is 42.5 Å². The van der Waals surface area contributed by atoms with E-state index in [9.17, 15) is 4.79 Å². The lowest BCUT2D eigenvalue weighted by Crippen LogP contribution is -2.17. The maximum atomic E-state index is 12.4. The zero-order chi connectivity index (χ0) is 20.2. The maximum absolute atomic E-state index is 12.4. The summed E-state index contributed by atoms with van der Waals surface area (Å²) in [6, 6.07) is 6.93. The van der Waals surface area contributed by atoms with Crippen LogP contribution in [0.5, 0.6) is 0 Å². The number of anilines is 1. The largest absolute Gasteiger partial charge is 0.354 e. The molecule has 1 aliphatic rings. The van der Waals surface area contributed by atoms with Gasteiger partial charge >= 0.3 is 0 Å². The molecule has 0 saturated carbocycles. The second-order valence-corrected chi connectivity index (χ2v) is 8.71. The molecule has 3 aromatic rings. The number of hydrogen-bond acceptors (Lipinski definition) is 8. The van der Waals surface area contributed by atoms with Crippen LogP contribution in [-0.4, -0.2) is 47.6 Å². The third-order valence-electron chi connectivity index (χ3n) is 4.50. The Kier molecular flexibility index (Phi) is 6.41. The van der Waals surface area contributed by atoms with Crippen molar-refractivity contribution < 1.29 is 4.79 Å². The van der Waals surface area contributed by atoms with Crippen LogP contribution < -0.4 is 5.32 Å². The lowest BCUT2D eigenvalue weighted by atomic mass is 10.1. The predicted molar refractivity (Wildman–Crippen MR) is 115 cm³/mol. The van der Waals surface area contributed by atoms with E-state index in [1.54, 1.807) is 36.0 Å². The molecule has 1 N–H and O–H groups in total. The SMILES string of the molecule is CCn1c(CSc2nnc3n2CCCN3)nnc1SCC(=O)c1ccc(Cl)cc1. The van der Waals surface area contributed by atoms with Crippen molar-refractivity contribution >= 4 is 46.9 Å². The third kappa shape index (κ3) is 4.59. The van der Waals surface area contributed by atoms with Crippen LogP contribution >= 0.6 is 35.1 Å². The number of ketones is 1. The number of fused-ring (bicyclic) bond motifs is 1. The van der Waals surface area contributed by atoms with Gasteiger partial charge < -0.3 is 9.88 Å². The van der Waals surface area contributed by atoms with Gasteiger partial charge in [-0.25, -0.2) is 0 Å². The number of thioether (sulfide) groups is 2. The highest BCUT2D eigenvalue weighted by Crippen LogP contribution is 2.27. The minimum Gasteiger partial charge on any atom is -0.354 e. The lowest BCUT2D eigenvalue weighted by molar-refractivity contribution is 0.102. The first-order chi connectivity index (χ1) is 14.2. The first kappa shape index (κ1) is 20.2. The summed E-state index contributed by atoms with van der Waals surface area (Å²) in [4.78, 5) is 12.4. The van der Waals surface area contributed by atoms with E-state index in [-0.39, 0.29) is 5.78 Å². The molecule has 0 unspecified atom stereocenters. The summed E-state index contributed by atoms with van der Waals surface area (Å²) >= 11 is 8.88. The summed E-state index contributed by atoms with van der Waals surface area (Å²) < 4.78 is 4.14. The highest BCUT2D eigenvalue weighted by Gasteiger charge is 2.18. The molecule has 1 aliphatic heterocycles. The van der Waals surface area contributed by atoms with Gasteiger partial charge in [0.25, 0.3) is 0 Å². The zero-order valence-electron chi connectivity index (χ0n) is 15.8. The molecule has 0 radical (unpaired) electrons. The molecule has 152 valence electrons. The van der Waals surface area contributed by atoms with Crippen LogP contribution in [0.2, 0.25) is 5.02 Å². The van der Waals surface area contributed by atoms with E-state index >= 15 is 0 Å². The van der Waals surface area contributed by atoms with E-state index in [2.05, 4.69) is 30.3 Å². The standard InChI is InChI=1S/C18H20ClN7OS2/c1-2-25-15(11-29-18-24-22-16-20-8-3-9-26(16)18)21-23-17(25)28-10-14(27)12-4-6-13(19)7-5-12/h4-7H,2-3,8-11H2,1H3,(H,20,22). The topological polar surface area (TPSA) is 90.5 Å². The number of Topliss-reactive ketones (excluding diaryl/α,β-unsaturated/α-hetero) is 1. The summed E-state index contributed by atoms with van der Waals surface area (Å²) in [6.07, 6.45) is 1.06. The van der Waals surface area contributed by atoms with Gasteiger partial charge in [0.2, 0.25) is 5.95 Å². The number of carbonyl (C=O) groups is 1. The fourth-order valence-electron chi connectivity index (χ4n) is 2.99. The van der Waals surface area contributed by atoms with Crippen LogP contribution in [0.15, 0.2) is 34.6 Å². The fourth-order valence-corrected chi connectivity index (χ4v) is 4.94. The van der Waals surface area contributed by atoms with Gasteiger partial charge in [0.15, 0.2) is 16.1 Å². The van der Waals surface area contributed by atoms with Crippen LogP contribution in [0.25, 0.3) is 0 Å². The highest BCUT2D eigenvalue weighted by molar-refractivity contribution is 7.99. The Morgan fingerprint density at radius 3 is 2.72 bits per heavy atom. The lowest BCUT2D eigenvalue weighted by Gasteiger charge is -2.15. The Morgan fingerprint density at radius 2 is 1.93 bits per heavy atom. The summed E-state index contributed by atoms with van der Waals surface area (Å²) in [7, 11) is 0. The van der Waals surface area contributed by atoms with Gasteiger partial charge in [-0.05, 0) is 37.6 Å². The van der Waals surface area contributed by atoms with Crippen molar-refractivity contribution in [2.24, 2.45) is 0 Å². The molecule has 0 aliphatic carbocycles. The number of carbonyl (C=O) groups excluding carboxylic acids is 1. The number of aromatic nitrogens is 6. The van der Waals surface area contributed by atoms with Gasteiger partial charge in [-0.3, -0.25) is 9.36 Å². The van der Waals surface area contributed by atoms with Gasteiger partial charge in [0.1, 0.15) is 5.82 Å². The maximum Gasteiger partial charge on any atom is 0.225 e. The van der Waals surface area contributed by atoms with Crippen LogP contribution in [0.3, 0.4) is 0 Å². The molecule has 0 fully saturated rings. The quantitative estimate of drug-likeness (QED) is 0.412. The molecule has 0 bridgehead atoms. The number of nitrogens with one attached hydrogen (secondary N) is 1. The number of benzene rings is 1. The molecular weight excluding hydrogens is 430 g/mol. The number of hydrogen-bond donors (Lipinski definition) is 1. The van der Waals surface area contributed by atoms with E-state index in [4.69, 9.17) is 11.6 Å². The molecule has 2 aromatic heterocycles. The number of halogens is 1. The Balaban J connectivity index is 1.39. The van der Waals surface area contributed by atoms with Gasteiger partial charge in [0.05, 0.1) is 11.5 Å². The van der Waals surface area contributed by atoms with E-state index < -0.39 is 0 Å². The Labute approximate surface area is 181 Å². The smallest absolute Gasteiger partial charge is 0.225 e. The van der Waals surface area contributed by atoms with Crippen LogP contribution in [0.1, 0.15) is 29.5 Å². The second-order valence-electron chi connectivity index (χ2n) is 6.39. The molecule has 11 heteroatoms. The second kappa shape index (κ2) is 9.19. The van der Waals surface area contributed by atoms with Crippen molar-refractivity contribution in [3.05, 3.63) is 40.7 Å². The van der Waals surface area contributed by atoms with E-state index in [0.29, 0.717) is 22.1 Å². The van der Waals surface area contributed by atoms with E-state index in [1.165, 1.54) is 11.8 Å².